The van der Waals surface area contributed by atoms with E-state index < -0.39 is 5.41 Å². The number of fused-ring (bicyclic) bond motifs is 8. The molecule has 0 atom stereocenters. The van der Waals surface area contributed by atoms with Crippen LogP contribution < -0.4 is 0 Å². The summed E-state index contributed by atoms with van der Waals surface area (Å²) in [5.74, 6) is 0. The van der Waals surface area contributed by atoms with Crippen molar-refractivity contribution in [2.75, 3.05) is 0 Å². The van der Waals surface area contributed by atoms with Crippen molar-refractivity contribution < 1.29 is 0 Å². The fourth-order valence-electron chi connectivity index (χ4n) is 9.26. The summed E-state index contributed by atoms with van der Waals surface area (Å²) in [5, 5.41) is 3.72. The smallest absolute Gasteiger partial charge is 0.0714 e. The van der Waals surface area contributed by atoms with E-state index >= 15 is 0 Å². The van der Waals surface area contributed by atoms with Crippen molar-refractivity contribution in [3.8, 4) is 33.8 Å². The summed E-state index contributed by atoms with van der Waals surface area (Å²) in [5.41, 5.74) is 15.5. The highest BCUT2D eigenvalue weighted by molar-refractivity contribution is 6.19. The molecule has 0 saturated carbocycles. The number of nitrogens with zero attached hydrogens (tertiary/aromatic N) is 2. The van der Waals surface area contributed by atoms with Crippen LogP contribution in [0.15, 0.2) is 206 Å². The summed E-state index contributed by atoms with van der Waals surface area (Å²) in [6.45, 7) is 0. The molecule has 11 rings (SSSR count). The molecule has 53 heavy (non-hydrogen) atoms. The lowest BCUT2D eigenvalue weighted by molar-refractivity contribution is 0.767. The average molecular weight is 675 g/mol. The molecule has 0 aliphatic heterocycles. The zero-order chi connectivity index (χ0) is 34.9. The van der Waals surface area contributed by atoms with Gasteiger partial charge in [0.1, 0.15) is 0 Å². The minimum atomic E-state index is -0.477. The van der Waals surface area contributed by atoms with Crippen LogP contribution in [-0.2, 0) is 5.41 Å². The first-order chi connectivity index (χ1) is 26.3. The highest BCUT2D eigenvalue weighted by Crippen LogP contribution is 2.56. The van der Waals surface area contributed by atoms with Crippen LogP contribution in [0.2, 0.25) is 0 Å². The van der Waals surface area contributed by atoms with Crippen molar-refractivity contribution in [2.45, 2.75) is 5.41 Å². The molecule has 0 fully saturated rings. The molecule has 0 amide bonds. The quantitative estimate of drug-likeness (QED) is 0.172. The van der Waals surface area contributed by atoms with E-state index in [1.807, 2.05) is 0 Å². The molecule has 1 aliphatic carbocycles. The molecule has 2 heteroatoms. The normalized spacial score (nSPS) is 13.1. The summed E-state index contributed by atoms with van der Waals surface area (Å²) in [6, 6.07) is 75.7. The first-order valence-electron chi connectivity index (χ1n) is 18.4. The zero-order valence-electron chi connectivity index (χ0n) is 29.0. The Hall–Kier alpha value is -6.90. The fourth-order valence-corrected chi connectivity index (χ4v) is 9.26. The lowest BCUT2D eigenvalue weighted by atomic mass is 9.67. The van der Waals surface area contributed by atoms with E-state index in [4.69, 9.17) is 0 Å². The van der Waals surface area contributed by atoms with E-state index in [0.717, 1.165) is 11.4 Å². The van der Waals surface area contributed by atoms with E-state index in [2.05, 4.69) is 215 Å². The lowest BCUT2D eigenvalue weighted by Gasteiger charge is -2.34. The summed E-state index contributed by atoms with van der Waals surface area (Å²) in [4.78, 5) is 0. The molecule has 0 radical (unpaired) electrons. The number of benzene rings is 8. The summed E-state index contributed by atoms with van der Waals surface area (Å²) in [7, 11) is 0. The Kier molecular flexibility index (Phi) is 6.50. The van der Waals surface area contributed by atoms with Gasteiger partial charge in [0.2, 0.25) is 0 Å². The van der Waals surface area contributed by atoms with E-state index in [1.54, 1.807) is 0 Å². The molecule has 248 valence electrons. The van der Waals surface area contributed by atoms with Gasteiger partial charge in [0.25, 0.3) is 0 Å². The monoisotopic (exact) mass is 674 g/mol. The molecule has 0 bridgehead atoms. The van der Waals surface area contributed by atoms with Gasteiger partial charge in [-0.1, -0.05) is 164 Å². The van der Waals surface area contributed by atoms with Gasteiger partial charge in [0.15, 0.2) is 0 Å². The van der Waals surface area contributed by atoms with Crippen LogP contribution in [0.1, 0.15) is 22.3 Å². The van der Waals surface area contributed by atoms with Gasteiger partial charge in [0, 0.05) is 27.5 Å². The second-order valence-corrected chi connectivity index (χ2v) is 14.1. The molecule has 2 aromatic heterocycles. The predicted molar refractivity (Wildman–Crippen MR) is 220 cm³/mol. The molecule has 1 aliphatic rings. The average Bonchev–Trinajstić information content (AvgIpc) is 3.89. The van der Waals surface area contributed by atoms with Crippen LogP contribution >= 0.6 is 0 Å². The first kappa shape index (κ1) is 29.8. The van der Waals surface area contributed by atoms with Gasteiger partial charge in [-0.05, 0) is 81.4 Å². The highest BCUT2D eigenvalue weighted by atomic mass is 15.0. The number of aromatic nitrogens is 2. The van der Waals surface area contributed by atoms with E-state index in [0.29, 0.717) is 0 Å². The second kappa shape index (κ2) is 11.6. The third kappa shape index (κ3) is 4.21. The number of para-hydroxylation sites is 2. The van der Waals surface area contributed by atoms with Crippen LogP contribution in [0.5, 0.6) is 0 Å². The molecule has 8 aromatic carbocycles. The predicted octanol–water partition coefficient (Wildman–Crippen LogP) is 12.8. The van der Waals surface area contributed by atoms with Gasteiger partial charge >= 0.3 is 0 Å². The van der Waals surface area contributed by atoms with Gasteiger partial charge < -0.3 is 9.13 Å². The summed E-state index contributed by atoms with van der Waals surface area (Å²) < 4.78 is 4.93. The van der Waals surface area contributed by atoms with Crippen molar-refractivity contribution in [3.63, 3.8) is 0 Å². The maximum atomic E-state index is 2.51. The van der Waals surface area contributed by atoms with E-state index in [-0.39, 0.29) is 0 Å². The Balaban J connectivity index is 1.26. The van der Waals surface area contributed by atoms with Gasteiger partial charge in [-0.15, -0.1) is 0 Å². The minimum Gasteiger partial charge on any atom is -0.309 e. The molecule has 2 nitrogen and oxygen atoms in total. The van der Waals surface area contributed by atoms with Crippen molar-refractivity contribution in [3.05, 3.63) is 229 Å². The second-order valence-electron chi connectivity index (χ2n) is 14.1. The maximum absolute atomic E-state index is 2.51. The van der Waals surface area contributed by atoms with Crippen molar-refractivity contribution in [1.29, 1.82) is 0 Å². The third-order valence-corrected chi connectivity index (χ3v) is 11.4. The Labute approximate surface area is 308 Å². The standard InChI is InChI=1S/C51H34N2/c1-5-17-35(18-6-1)49-34-44-48(52(49)38-23-11-4-12-24-38)32-31-43-42-26-14-16-28-47(42)53(50(43)44)39-29-30-41-40-25-13-15-27-45(40)51(46(41)33-39,36-19-7-2-8-20-36)37-21-9-3-10-22-37/h1-34H. The number of rotatable bonds is 5. The van der Waals surface area contributed by atoms with Crippen molar-refractivity contribution in [2.24, 2.45) is 0 Å². The Bertz CT molecular complexity index is 2930. The number of hydrogen-bond donors (Lipinski definition) is 0. The summed E-state index contributed by atoms with van der Waals surface area (Å²) in [6.07, 6.45) is 0. The zero-order valence-corrected chi connectivity index (χ0v) is 29.0. The van der Waals surface area contributed by atoms with Gasteiger partial charge in [-0.25, -0.2) is 0 Å². The molecule has 0 spiro atoms. The van der Waals surface area contributed by atoms with Gasteiger partial charge in [-0.3, -0.25) is 0 Å². The largest absolute Gasteiger partial charge is 0.309 e. The van der Waals surface area contributed by atoms with Gasteiger partial charge in [-0.2, -0.15) is 0 Å². The topological polar surface area (TPSA) is 9.86 Å². The lowest BCUT2D eigenvalue weighted by Crippen LogP contribution is -2.28. The van der Waals surface area contributed by atoms with E-state index in [1.165, 1.54) is 77.3 Å². The Morgan fingerprint density at radius 3 is 1.66 bits per heavy atom. The van der Waals surface area contributed by atoms with Crippen LogP contribution in [-0.4, -0.2) is 9.13 Å². The van der Waals surface area contributed by atoms with Crippen LogP contribution in [0.4, 0.5) is 0 Å². The SMILES string of the molecule is c1ccc(-c2cc3c(ccc4c5ccccc5n(-c5ccc6c(c5)C(c5ccccc5)(c5ccccc5)c5ccccc5-6)c43)n2-c2ccccc2)cc1. The van der Waals surface area contributed by atoms with Crippen LogP contribution in [0.3, 0.4) is 0 Å². The van der Waals surface area contributed by atoms with Crippen molar-refractivity contribution in [1.82, 2.24) is 9.13 Å². The first-order valence-corrected chi connectivity index (χ1v) is 18.4. The molecular formula is C51H34N2. The maximum Gasteiger partial charge on any atom is 0.0714 e. The molecule has 2 heterocycles. The molecule has 10 aromatic rings. The molecule has 0 unspecified atom stereocenters. The molecule has 0 saturated heterocycles. The van der Waals surface area contributed by atoms with E-state index in [9.17, 15) is 0 Å². The fraction of sp³-hybridized carbons (Fsp3) is 0.0196. The minimum absolute atomic E-state index is 0.477. The van der Waals surface area contributed by atoms with Crippen LogP contribution in [0, 0.1) is 0 Å². The number of hydrogen-bond acceptors (Lipinski definition) is 0. The highest BCUT2D eigenvalue weighted by Gasteiger charge is 2.46. The Morgan fingerprint density at radius 2 is 0.925 bits per heavy atom. The van der Waals surface area contributed by atoms with Crippen LogP contribution in [0.25, 0.3) is 66.5 Å². The molecule has 0 N–H and O–H groups in total. The molecular weight excluding hydrogens is 641 g/mol. The Morgan fingerprint density at radius 1 is 0.340 bits per heavy atom. The van der Waals surface area contributed by atoms with Crippen molar-refractivity contribution >= 4 is 32.7 Å². The summed E-state index contributed by atoms with van der Waals surface area (Å²) >= 11 is 0. The van der Waals surface area contributed by atoms with Gasteiger partial charge in [0.05, 0.1) is 27.7 Å². The third-order valence-electron chi connectivity index (χ3n) is 11.4.